The highest BCUT2D eigenvalue weighted by atomic mass is 16.5. The minimum atomic E-state index is -0.664. The summed E-state index contributed by atoms with van der Waals surface area (Å²) in [4.78, 5) is 23.5. The first kappa shape index (κ1) is 18.8. The van der Waals surface area contributed by atoms with E-state index in [1.807, 2.05) is 0 Å². The monoisotopic (exact) mass is 350 g/mol. The number of methoxy groups -OCH3 is 2. The van der Waals surface area contributed by atoms with Crippen LogP contribution in [0.3, 0.4) is 0 Å². The van der Waals surface area contributed by atoms with Crippen LogP contribution >= 0.6 is 0 Å². The molecule has 1 aliphatic heterocycles. The number of anilines is 1. The van der Waals surface area contributed by atoms with Gasteiger partial charge in [-0.25, -0.2) is 4.79 Å². The highest BCUT2D eigenvalue weighted by Crippen LogP contribution is 2.23. The van der Waals surface area contributed by atoms with E-state index in [1.165, 1.54) is 14.2 Å². The van der Waals surface area contributed by atoms with Gasteiger partial charge in [0.1, 0.15) is 11.9 Å². The zero-order valence-electron chi connectivity index (χ0n) is 14.1. The SMILES string of the molecule is COC(=O)C[C@H]1C=C[C@H](NC(=O)Nc2ccccc2OC)[C@@H](CO)O1. The molecule has 0 saturated carbocycles. The Labute approximate surface area is 145 Å². The Morgan fingerprint density at radius 3 is 2.68 bits per heavy atom. The van der Waals surface area contributed by atoms with Crippen LogP contribution in [0.25, 0.3) is 0 Å². The second kappa shape index (κ2) is 9.05. The molecule has 0 aliphatic carbocycles. The first-order chi connectivity index (χ1) is 12.1. The number of hydrogen-bond donors (Lipinski definition) is 3. The third kappa shape index (κ3) is 5.20. The number of benzene rings is 1. The first-order valence-corrected chi connectivity index (χ1v) is 7.79. The maximum Gasteiger partial charge on any atom is 0.319 e. The molecule has 8 nitrogen and oxygen atoms in total. The van der Waals surface area contributed by atoms with E-state index in [4.69, 9.17) is 9.47 Å². The van der Waals surface area contributed by atoms with Gasteiger partial charge in [0.2, 0.25) is 0 Å². The molecular formula is C17H22N2O6. The largest absolute Gasteiger partial charge is 0.495 e. The zero-order valence-corrected chi connectivity index (χ0v) is 14.1. The molecule has 8 heteroatoms. The van der Waals surface area contributed by atoms with Crippen LogP contribution in [0.2, 0.25) is 0 Å². The minimum Gasteiger partial charge on any atom is -0.495 e. The number of nitrogens with one attached hydrogen (secondary N) is 2. The average molecular weight is 350 g/mol. The normalized spacial score (nSPS) is 22.1. The number of aliphatic hydroxyl groups excluding tert-OH is 1. The van der Waals surface area contributed by atoms with Crippen molar-refractivity contribution < 1.29 is 28.9 Å². The third-order valence-corrected chi connectivity index (χ3v) is 3.71. The summed E-state index contributed by atoms with van der Waals surface area (Å²) in [7, 11) is 2.81. The molecule has 0 radical (unpaired) electrons. The molecule has 25 heavy (non-hydrogen) atoms. The van der Waals surface area contributed by atoms with E-state index in [9.17, 15) is 14.7 Å². The van der Waals surface area contributed by atoms with Crippen LogP contribution in [0.15, 0.2) is 36.4 Å². The van der Waals surface area contributed by atoms with Crippen LogP contribution < -0.4 is 15.4 Å². The number of amides is 2. The van der Waals surface area contributed by atoms with Crippen molar-refractivity contribution in [3.05, 3.63) is 36.4 Å². The van der Waals surface area contributed by atoms with Crippen LogP contribution in [-0.4, -0.2) is 56.2 Å². The lowest BCUT2D eigenvalue weighted by molar-refractivity contribution is -0.144. The maximum atomic E-state index is 12.2. The molecule has 1 aromatic carbocycles. The Morgan fingerprint density at radius 1 is 1.24 bits per heavy atom. The van der Waals surface area contributed by atoms with Gasteiger partial charge in [-0.1, -0.05) is 24.3 Å². The molecule has 0 bridgehead atoms. The van der Waals surface area contributed by atoms with Gasteiger partial charge in [0, 0.05) is 0 Å². The standard InChI is InChI=1S/C17H22N2O6/c1-23-14-6-4-3-5-12(14)18-17(22)19-13-8-7-11(9-16(21)24-2)25-15(13)10-20/h3-8,11,13,15,20H,9-10H2,1-2H3,(H2,18,19,22)/t11-,13+,15-/m1/s1. The van der Waals surface area contributed by atoms with E-state index in [1.54, 1.807) is 36.4 Å². The Morgan fingerprint density at radius 2 is 2.00 bits per heavy atom. The molecule has 2 amide bonds. The van der Waals surface area contributed by atoms with Gasteiger partial charge in [-0.05, 0) is 12.1 Å². The summed E-state index contributed by atoms with van der Waals surface area (Å²) >= 11 is 0. The van der Waals surface area contributed by atoms with Crippen molar-refractivity contribution in [3.8, 4) is 5.75 Å². The summed E-state index contributed by atoms with van der Waals surface area (Å²) in [6.07, 6.45) is 2.24. The number of esters is 1. The van der Waals surface area contributed by atoms with Crippen LogP contribution in [0.4, 0.5) is 10.5 Å². The predicted octanol–water partition coefficient (Wildman–Crippen LogP) is 1.06. The molecule has 3 atom stereocenters. The lowest BCUT2D eigenvalue weighted by Gasteiger charge is -2.31. The maximum absolute atomic E-state index is 12.2. The second-order valence-electron chi connectivity index (χ2n) is 5.39. The number of carbonyl (C=O) groups is 2. The smallest absolute Gasteiger partial charge is 0.319 e. The Bertz CT molecular complexity index is 633. The number of para-hydroxylation sites is 2. The van der Waals surface area contributed by atoms with Gasteiger partial charge in [-0.2, -0.15) is 0 Å². The van der Waals surface area contributed by atoms with Gasteiger partial charge in [-0.3, -0.25) is 4.79 Å². The predicted molar refractivity (Wildman–Crippen MR) is 90.5 cm³/mol. The summed E-state index contributed by atoms with van der Waals surface area (Å²) in [5.74, 6) is 0.122. The average Bonchev–Trinajstić information content (AvgIpc) is 2.63. The summed E-state index contributed by atoms with van der Waals surface area (Å²) in [6.45, 7) is -0.304. The van der Waals surface area contributed by atoms with Gasteiger partial charge < -0.3 is 30.0 Å². The van der Waals surface area contributed by atoms with Crippen molar-refractivity contribution >= 4 is 17.7 Å². The van der Waals surface area contributed by atoms with E-state index < -0.39 is 30.3 Å². The molecule has 0 unspecified atom stereocenters. The van der Waals surface area contributed by atoms with Crippen LogP contribution in [0, 0.1) is 0 Å². The molecule has 0 aromatic heterocycles. The fraction of sp³-hybridized carbons (Fsp3) is 0.412. The van der Waals surface area contributed by atoms with Crippen molar-refractivity contribution in [2.75, 3.05) is 26.1 Å². The van der Waals surface area contributed by atoms with Crippen molar-refractivity contribution in [1.82, 2.24) is 5.32 Å². The van der Waals surface area contributed by atoms with Gasteiger partial charge in [0.25, 0.3) is 0 Å². The number of urea groups is 1. The molecule has 3 N–H and O–H groups in total. The van der Waals surface area contributed by atoms with Gasteiger partial charge >= 0.3 is 12.0 Å². The van der Waals surface area contributed by atoms with E-state index in [-0.39, 0.29) is 13.0 Å². The summed E-state index contributed by atoms with van der Waals surface area (Å²) in [5, 5.41) is 14.9. The molecule has 1 aliphatic rings. The summed E-state index contributed by atoms with van der Waals surface area (Å²) in [6, 6.07) is 6.01. The van der Waals surface area contributed by atoms with Crippen molar-refractivity contribution in [3.63, 3.8) is 0 Å². The molecule has 1 heterocycles. The van der Waals surface area contributed by atoms with Crippen LogP contribution in [0.1, 0.15) is 6.42 Å². The number of rotatable bonds is 6. The van der Waals surface area contributed by atoms with Gasteiger partial charge in [-0.15, -0.1) is 0 Å². The minimum absolute atomic E-state index is 0.0453. The zero-order chi connectivity index (χ0) is 18.2. The lowest BCUT2D eigenvalue weighted by atomic mass is 10.1. The van der Waals surface area contributed by atoms with Crippen molar-refractivity contribution in [2.45, 2.75) is 24.7 Å². The van der Waals surface area contributed by atoms with Crippen molar-refractivity contribution in [2.24, 2.45) is 0 Å². The second-order valence-corrected chi connectivity index (χ2v) is 5.39. The van der Waals surface area contributed by atoms with Gasteiger partial charge in [0.15, 0.2) is 0 Å². The molecule has 2 rings (SSSR count). The van der Waals surface area contributed by atoms with E-state index >= 15 is 0 Å². The van der Waals surface area contributed by atoms with Gasteiger partial charge in [0.05, 0.1) is 45.1 Å². The Kier molecular flexibility index (Phi) is 6.79. The van der Waals surface area contributed by atoms with E-state index in [0.29, 0.717) is 11.4 Å². The van der Waals surface area contributed by atoms with Crippen LogP contribution in [-0.2, 0) is 14.3 Å². The number of aliphatic hydroxyl groups is 1. The highest BCUT2D eigenvalue weighted by Gasteiger charge is 2.29. The van der Waals surface area contributed by atoms with E-state index in [2.05, 4.69) is 15.4 Å². The third-order valence-electron chi connectivity index (χ3n) is 3.71. The van der Waals surface area contributed by atoms with Crippen LogP contribution in [0.5, 0.6) is 5.75 Å². The first-order valence-electron chi connectivity index (χ1n) is 7.79. The fourth-order valence-corrected chi connectivity index (χ4v) is 2.44. The number of ether oxygens (including phenoxy) is 3. The summed E-state index contributed by atoms with van der Waals surface area (Å²) < 4.78 is 15.4. The topological polar surface area (TPSA) is 106 Å². The molecule has 1 aromatic rings. The molecule has 0 saturated heterocycles. The number of hydrogen-bond acceptors (Lipinski definition) is 6. The highest BCUT2D eigenvalue weighted by molar-refractivity contribution is 5.91. The quantitative estimate of drug-likeness (QED) is 0.523. The lowest BCUT2D eigenvalue weighted by Crippen LogP contribution is -2.49. The Balaban J connectivity index is 1.97. The molecule has 136 valence electrons. The Hall–Kier alpha value is -2.58. The molecule has 0 fully saturated rings. The fourth-order valence-electron chi connectivity index (χ4n) is 2.44. The van der Waals surface area contributed by atoms with Crippen molar-refractivity contribution in [1.29, 1.82) is 0 Å². The number of carbonyl (C=O) groups excluding carboxylic acids is 2. The van der Waals surface area contributed by atoms with E-state index in [0.717, 1.165) is 0 Å². The molecule has 0 spiro atoms. The molecular weight excluding hydrogens is 328 g/mol. The summed E-state index contributed by atoms with van der Waals surface area (Å²) in [5.41, 5.74) is 0.521.